The first-order valence-electron chi connectivity index (χ1n) is 12.5. The maximum Gasteiger partial charge on any atom is 0.354 e. The van der Waals surface area contributed by atoms with Crippen molar-refractivity contribution in [1.29, 1.82) is 0 Å². The zero-order chi connectivity index (χ0) is 26.7. The molecule has 0 amide bonds. The molecule has 1 fully saturated rings. The number of nitrogens with zero attached hydrogens (tertiary/aromatic N) is 5. The van der Waals surface area contributed by atoms with Crippen LogP contribution in [-0.4, -0.2) is 56.9 Å². The number of pyridine rings is 2. The van der Waals surface area contributed by atoms with Crippen LogP contribution in [0.5, 0.6) is 11.6 Å². The minimum absolute atomic E-state index is 0.0114. The van der Waals surface area contributed by atoms with E-state index in [1.807, 2.05) is 18.7 Å². The highest BCUT2D eigenvalue weighted by atomic mass is 19.1. The van der Waals surface area contributed by atoms with Crippen LogP contribution in [-0.2, 0) is 0 Å². The molecular formula is C27H26F2N6O3. The molecule has 1 saturated heterocycles. The Kier molecular flexibility index (Phi) is 5.75. The number of anilines is 1. The van der Waals surface area contributed by atoms with E-state index in [1.165, 1.54) is 16.7 Å². The predicted molar refractivity (Wildman–Crippen MR) is 138 cm³/mol. The number of fused-ring (bicyclic) bond motifs is 2. The third-order valence-corrected chi connectivity index (χ3v) is 7.11. The van der Waals surface area contributed by atoms with Gasteiger partial charge in [-0.15, -0.1) is 0 Å². The van der Waals surface area contributed by atoms with E-state index < -0.39 is 34.3 Å². The minimum atomic E-state index is -0.972. The molecule has 5 heterocycles. The van der Waals surface area contributed by atoms with Gasteiger partial charge in [-0.05, 0) is 36.6 Å². The molecule has 4 aromatic rings. The number of aromatic nitrogens is 4. The van der Waals surface area contributed by atoms with Crippen LogP contribution in [0.2, 0.25) is 0 Å². The van der Waals surface area contributed by atoms with Gasteiger partial charge in [0.05, 0.1) is 23.0 Å². The topological polar surface area (TPSA) is 105 Å². The molecule has 38 heavy (non-hydrogen) atoms. The molecule has 1 atom stereocenters. The van der Waals surface area contributed by atoms with Crippen molar-refractivity contribution in [3.05, 3.63) is 63.8 Å². The molecule has 196 valence electrons. The lowest BCUT2D eigenvalue weighted by Gasteiger charge is -2.35. The van der Waals surface area contributed by atoms with Gasteiger partial charge >= 0.3 is 5.69 Å². The van der Waals surface area contributed by atoms with Crippen molar-refractivity contribution in [2.24, 2.45) is 0 Å². The monoisotopic (exact) mass is 520 g/mol. The van der Waals surface area contributed by atoms with Crippen LogP contribution < -0.4 is 20.6 Å². The van der Waals surface area contributed by atoms with Crippen LogP contribution >= 0.6 is 0 Å². The normalized spacial score (nSPS) is 16.9. The molecule has 9 nitrogen and oxygen atoms in total. The van der Waals surface area contributed by atoms with Crippen molar-refractivity contribution in [2.75, 3.05) is 31.1 Å². The summed E-state index contributed by atoms with van der Waals surface area (Å²) < 4.78 is 39.0. The maximum absolute atomic E-state index is 16.7. The summed E-state index contributed by atoms with van der Waals surface area (Å²) in [6.07, 6.45) is 1.64. The molecule has 3 aromatic heterocycles. The Morgan fingerprint density at radius 3 is 2.79 bits per heavy atom. The quantitative estimate of drug-likeness (QED) is 0.424. The second-order valence-electron chi connectivity index (χ2n) is 9.87. The smallest absolute Gasteiger partial charge is 0.354 e. The molecule has 0 bridgehead atoms. The first kappa shape index (κ1) is 24.2. The molecule has 6 rings (SSSR count). The number of hydrogen-bond donors (Lipinski definition) is 2. The molecule has 1 aromatic carbocycles. The van der Waals surface area contributed by atoms with Crippen molar-refractivity contribution in [3.63, 3.8) is 0 Å². The molecule has 0 spiro atoms. The van der Waals surface area contributed by atoms with Crippen LogP contribution in [0, 0.1) is 18.6 Å². The Labute approximate surface area is 216 Å². The van der Waals surface area contributed by atoms with Crippen LogP contribution in [0.3, 0.4) is 0 Å². The van der Waals surface area contributed by atoms with Gasteiger partial charge in [-0.25, -0.2) is 18.6 Å². The second kappa shape index (κ2) is 9.02. The number of phenolic OH excluding ortho intramolecular Hbond substituents is 1. The summed E-state index contributed by atoms with van der Waals surface area (Å²) in [6, 6.07) is 5.23. The Morgan fingerprint density at radius 2 is 2.03 bits per heavy atom. The zero-order valence-electron chi connectivity index (χ0n) is 21.1. The number of aromatic hydroxyl groups is 1. The zero-order valence-corrected chi connectivity index (χ0v) is 21.1. The minimum Gasteiger partial charge on any atom is -0.507 e. The lowest BCUT2D eigenvalue weighted by atomic mass is 10.0. The Bertz CT molecular complexity index is 1630. The van der Waals surface area contributed by atoms with Crippen LogP contribution in [0.25, 0.3) is 27.8 Å². The number of ether oxygens (including phenoxy) is 1. The number of nitrogens with one attached hydrogen (secondary N) is 1. The number of benzene rings is 1. The summed E-state index contributed by atoms with van der Waals surface area (Å²) in [5.74, 6) is -2.14. The number of hydrogen-bond acceptors (Lipinski definition) is 8. The summed E-state index contributed by atoms with van der Waals surface area (Å²) in [6.45, 7) is 7.60. The van der Waals surface area contributed by atoms with Crippen LogP contribution in [0.4, 0.5) is 14.6 Å². The van der Waals surface area contributed by atoms with E-state index in [4.69, 9.17) is 4.74 Å². The Hall–Kier alpha value is -4.12. The van der Waals surface area contributed by atoms with Gasteiger partial charge in [-0.1, -0.05) is 19.9 Å². The largest absolute Gasteiger partial charge is 0.507 e. The maximum atomic E-state index is 16.7. The summed E-state index contributed by atoms with van der Waals surface area (Å²) in [5, 5.41) is 14.0. The fraction of sp³-hybridized carbons (Fsp3) is 0.333. The van der Waals surface area contributed by atoms with Crippen molar-refractivity contribution in [1.82, 2.24) is 24.8 Å². The lowest BCUT2D eigenvalue weighted by molar-refractivity contribution is 0.266. The van der Waals surface area contributed by atoms with Gasteiger partial charge in [-0.2, -0.15) is 4.98 Å². The molecule has 0 aliphatic carbocycles. The first-order valence-corrected chi connectivity index (χ1v) is 12.5. The molecular weight excluding hydrogens is 494 g/mol. The SMILES string of the molecule is Cc1ccnc(C(C)C)c1-n1c(=O)nc2c3c(nc(-c4c(O)cccc4F)c(F)c31)OC[C@@H]1CNCCN21. The number of piperazine rings is 1. The summed E-state index contributed by atoms with van der Waals surface area (Å²) in [5.41, 5.74) is -0.0761. The second-order valence-corrected chi connectivity index (χ2v) is 9.87. The summed E-state index contributed by atoms with van der Waals surface area (Å²) >= 11 is 0. The Morgan fingerprint density at radius 1 is 1.21 bits per heavy atom. The third kappa shape index (κ3) is 3.60. The molecule has 0 radical (unpaired) electrons. The highest BCUT2D eigenvalue weighted by molar-refractivity contribution is 5.98. The molecule has 2 aliphatic heterocycles. The van der Waals surface area contributed by atoms with E-state index in [-0.39, 0.29) is 41.2 Å². The molecule has 2 aliphatic rings. The van der Waals surface area contributed by atoms with Gasteiger partial charge in [0.1, 0.15) is 40.6 Å². The van der Waals surface area contributed by atoms with Gasteiger partial charge in [0.2, 0.25) is 5.88 Å². The molecule has 0 saturated carbocycles. The standard InChI is InChI=1S/C27H26F2N6O3/c1-13(2)21-23(14(3)7-8-31-21)35-24-19-25(33-27(35)37)34-10-9-30-11-15(34)12-38-26(19)32-22(20(24)29)18-16(28)5-4-6-17(18)36/h4-8,13,15,30,36H,9-12H2,1-3H3/t15-/m0/s1. The van der Waals surface area contributed by atoms with Crippen molar-refractivity contribution in [3.8, 4) is 28.6 Å². The summed E-state index contributed by atoms with van der Waals surface area (Å²) in [4.78, 5) is 29.1. The van der Waals surface area contributed by atoms with Crippen molar-refractivity contribution < 1.29 is 18.6 Å². The van der Waals surface area contributed by atoms with Gasteiger partial charge in [0.15, 0.2) is 5.82 Å². The number of halogens is 2. The molecule has 11 heteroatoms. The number of phenols is 1. The average Bonchev–Trinajstić information content (AvgIpc) is 3.04. The van der Waals surface area contributed by atoms with Crippen LogP contribution in [0.1, 0.15) is 31.0 Å². The first-order chi connectivity index (χ1) is 18.3. The highest BCUT2D eigenvalue weighted by Crippen LogP contribution is 2.42. The van der Waals surface area contributed by atoms with E-state index in [0.29, 0.717) is 36.6 Å². The Balaban J connectivity index is 1.81. The average molecular weight is 521 g/mol. The molecule has 0 unspecified atom stereocenters. The van der Waals surface area contributed by atoms with E-state index in [0.717, 1.165) is 6.07 Å². The fourth-order valence-electron chi connectivity index (χ4n) is 5.31. The van der Waals surface area contributed by atoms with Crippen molar-refractivity contribution in [2.45, 2.75) is 32.7 Å². The van der Waals surface area contributed by atoms with Crippen LogP contribution in [0.15, 0.2) is 35.3 Å². The van der Waals surface area contributed by atoms with E-state index in [2.05, 4.69) is 20.3 Å². The van der Waals surface area contributed by atoms with Gasteiger partial charge in [0.25, 0.3) is 0 Å². The van der Waals surface area contributed by atoms with Crippen molar-refractivity contribution >= 4 is 16.7 Å². The van der Waals surface area contributed by atoms with E-state index >= 15 is 4.39 Å². The summed E-state index contributed by atoms with van der Waals surface area (Å²) in [7, 11) is 0. The number of aryl methyl sites for hydroxylation is 1. The highest BCUT2D eigenvalue weighted by Gasteiger charge is 2.35. The number of rotatable bonds is 3. The van der Waals surface area contributed by atoms with E-state index in [1.54, 1.807) is 19.2 Å². The lowest BCUT2D eigenvalue weighted by Crippen LogP contribution is -2.54. The van der Waals surface area contributed by atoms with Gasteiger partial charge in [-0.3, -0.25) is 9.55 Å². The fourth-order valence-corrected chi connectivity index (χ4v) is 5.31. The predicted octanol–water partition coefficient (Wildman–Crippen LogP) is 3.43. The molecule has 2 N–H and O–H groups in total. The van der Waals surface area contributed by atoms with Gasteiger partial charge in [0, 0.05) is 25.8 Å². The van der Waals surface area contributed by atoms with Gasteiger partial charge < -0.3 is 20.1 Å². The van der Waals surface area contributed by atoms with E-state index in [9.17, 15) is 14.3 Å². The third-order valence-electron chi connectivity index (χ3n) is 7.11.